The number of non-ortho nitro benzene ring substituents is 1. The number of benzene rings is 2. The van der Waals surface area contributed by atoms with Crippen LogP contribution in [-0.2, 0) is 16.6 Å². The molecule has 116 valence electrons. The van der Waals surface area contributed by atoms with Gasteiger partial charge in [-0.1, -0.05) is 29.3 Å². The molecule has 0 saturated carbocycles. The van der Waals surface area contributed by atoms with Gasteiger partial charge < -0.3 is 0 Å². The van der Waals surface area contributed by atoms with Crippen molar-refractivity contribution in [1.82, 2.24) is 4.72 Å². The molecular formula is C13H10Cl2N2O4S. The number of hydrogen-bond donors (Lipinski definition) is 1. The fourth-order valence-corrected chi connectivity index (χ4v) is 3.00. The number of halogens is 2. The molecule has 2 aromatic rings. The molecule has 1 N–H and O–H groups in total. The maximum atomic E-state index is 12.1. The molecule has 0 aliphatic heterocycles. The summed E-state index contributed by atoms with van der Waals surface area (Å²) in [5.41, 5.74) is 0.461. The zero-order chi connectivity index (χ0) is 16.3. The smallest absolute Gasteiger partial charge is 0.258 e. The van der Waals surface area contributed by atoms with Crippen LogP contribution in [0.2, 0.25) is 10.0 Å². The molecule has 0 aliphatic rings. The summed E-state index contributed by atoms with van der Waals surface area (Å²) in [6.07, 6.45) is 0. The monoisotopic (exact) mass is 360 g/mol. The summed E-state index contributed by atoms with van der Waals surface area (Å²) >= 11 is 11.6. The molecule has 2 aromatic carbocycles. The highest BCUT2D eigenvalue weighted by atomic mass is 35.5. The summed E-state index contributed by atoms with van der Waals surface area (Å²) in [5, 5.41) is 11.3. The number of rotatable bonds is 5. The molecule has 0 saturated heterocycles. The van der Waals surface area contributed by atoms with E-state index in [4.69, 9.17) is 23.2 Å². The van der Waals surface area contributed by atoms with E-state index in [1.807, 2.05) is 0 Å². The van der Waals surface area contributed by atoms with E-state index in [0.717, 1.165) is 12.1 Å². The van der Waals surface area contributed by atoms with Gasteiger partial charge in [0.25, 0.3) is 5.69 Å². The summed E-state index contributed by atoms with van der Waals surface area (Å²) in [5.74, 6) is 0. The second-order valence-electron chi connectivity index (χ2n) is 4.32. The molecule has 0 aliphatic carbocycles. The normalized spacial score (nSPS) is 11.4. The van der Waals surface area contributed by atoms with Crippen molar-refractivity contribution in [3.8, 4) is 0 Å². The van der Waals surface area contributed by atoms with Gasteiger partial charge in [-0.05, 0) is 29.8 Å². The maximum absolute atomic E-state index is 12.1. The molecule has 0 amide bonds. The number of nitrogens with one attached hydrogen (secondary N) is 1. The Morgan fingerprint density at radius 1 is 1.05 bits per heavy atom. The first-order valence-electron chi connectivity index (χ1n) is 5.97. The molecule has 0 atom stereocenters. The highest BCUT2D eigenvalue weighted by molar-refractivity contribution is 7.89. The SMILES string of the molecule is O=[N+]([O-])c1ccc(S(=O)(=O)NCc2ccc(Cl)c(Cl)c2)cc1. The van der Waals surface area contributed by atoms with Crippen molar-refractivity contribution in [2.45, 2.75) is 11.4 Å². The fraction of sp³-hybridized carbons (Fsp3) is 0.0769. The van der Waals surface area contributed by atoms with Gasteiger partial charge in [0.2, 0.25) is 10.0 Å². The summed E-state index contributed by atoms with van der Waals surface area (Å²) in [4.78, 5) is 9.89. The van der Waals surface area contributed by atoms with Crippen molar-refractivity contribution in [3.63, 3.8) is 0 Å². The Bertz CT molecular complexity index is 807. The van der Waals surface area contributed by atoms with E-state index in [9.17, 15) is 18.5 Å². The molecule has 22 heavy (non-hydrogen) atoms. The molecule has 0 fully saturated rings. The lowest BCUT2D eigenvalue weighted by atomic mass is 10.2. The minimum atomic E-state index is -3.77. The first kappa shape index (κ1) is 16.7. The Morgan fingerprint density at radius 2 is 1.68 bits per heavy atom. The molecule has 6 nitrogen and oxygen atoms in total. The largest absolute Gasteiger partial charge is 0.269 e. The van der Waals surface area contributed by atoms with Gasteiger partial charge in [-0.2, -0.15) is 0 Å². The van der Waals surface area contributed by atoms with Crippen LogP contribution in [0.5, 0.6) is 0 Å². The zero-order valence-corrected chi connectivity index (χ0v) is 13.3. The van der Waals surface area contributed by atoms with Crippen molar-refractivity contribution in [3.05, 3.63) is 68.2 Å². The topological polar surface area (TPSA) is 89.3 Å². The lowest BCUT2D eigenvalue weighted by Crippen LogP contribution is -2.23. The van der Waals surface area contributed by atoms with Crippen LogP contribution < -0.4 is 4.72 Å². The number of hydrogen-bond acceptors (Lipinski definition) is 4. The van der Waals surface area contributed by atoms with Gasteiger partial charge in [-0.3, -0.25) is 10.1 Å². The second-order valence-corrected chi connectivity index (χ2v) is 6.91. The predicted octanol–water partition coefficient (Wildman–Crippen LogP) is 3.38. The Labute approximate surface area is 136 Å². The highest BCUT2D eigenvalue weighted by Crippen LogP contribution is 2.23. The molecular weight excluding hydrogens is 351 g/mol. The maximum Gasteiger partial charge on any atom is 0.269 e. The third kappa shape index (κ3) is 3.95. The van der Waals surface area contributed by atoms with E-state index in [2.05, 4.69) is 4.72 Å². The molecule has 0 bridgehead atoms. The van der Waals surface area contributed by atoms with E-state index in [-0.39, 0.29) is 17.1 Å². The first-order valence-corrected chi connectivity index (χ1v) is 8.21. The van der Waals surface area contributed by atoms with Gasteiger partial charge in [0, 0.05) is 18.7 Å². The van der Waals surface area contributed by atoms with E-state index in [1.54, 1.807) is 18.2 Å². The average molecular weight is 361 g/mol. The third-order valence-corrected chi connectivity index (χ3v) is 4.96. The number of nitrogens with zero attached hydrogens (tertiary/aromatic N) is 1. The van der Waals surface area contributed by atoms with Gasteiger partial charge in [0.05, 0.1) is 19.9 Å². The Morgan fingerprint density at radius 3 is 2.23 bits per heavy atom. The lowest BCUT2D eigenvalue weighted by Gasteiger charge is -2.07. The van der Waals surface area contributed by atoms with Crippen LogP contribution in [-0.4, -0.2) is 13.3 Å². The summed E-state index contributed by atoms with van der Waals surface area (Å²) in [6.45, 7) is 0.0240. The first-order chi connectivity index (χ1) is 10.3. The third-order valence-electron chi connectivity index (χ3n) is 2.81. The van der Waals surface area contributed by atoms with Crippen molar-refractivity contribution in [2.24, 2.45) is 0 Å². The van der Waals surface area contributed by atoms with E-state index >= 15 is 0 Å². The quantitative estimate of drug-likeness (QED) is 0.653. The molecule has 0 radical (unpaired) electrons. The molecule has 0 aromatic heterocycles. The van der Waals surface area contributed by atoms with Gasteiger partial charge in [-0.25, -0.2) is 13.1 Å². The standard InChI is InChI=1S/C13H10Cl2N2O4S/c14-12-6-1-9(7-13(12)15)8-16-22(20,21)11-4-2-10(3-5-11)17(18)19/h1-7,16H,8H2. The minimum Gasteiger partial charge on any atom is -0.258 e. The summed E-state index contributed by atoms with van der Waals surface area (Å²) in [7, 11) is -3.77. The molecule has 0 spiro atoms. The van der Waals surface area contributed by atoms with Gasteiger partial charge in [0.1, 0.15) is 0 Å². The minimum absolute atomic E-state index is 0.0240. The number of nitro groups is 1. The molecule has 0 unspecified atom stereocenters. The molecule has 0 heterocycles. The van der Waals surface area contributed by atoms with Gasteiger partial charge in [0.15, 0.2) is 0 Å². The van der Waals surface area contributed by atoms with Crippen molar-refractivity contribution >= 4 is 38.9 Å². The van der Waals surface area contributed by atoms with E-state index in [0.29, 0.717) is 15.6 Å². The van der Waals surface area contributed by atoms with Crippen molar-refractivity contribution in [1.29, 1.82) is 0 Å². The second kappa shape index (κ2) is 6.62. The lowest BCUT2D eigenvalue weighted by molar-refractivity contribution is -0.384. The number of sulfonamides is 1. The highest BCUT2D eigenvalue weighted by Gasteiger charge is 2.15. The molecule has 2 rings (SSSR count). The van der Waals surface area contributed by atoms with Crippen LogP contribution in [0.25, 0.3) is 0 Å². The zero-order valence-electron chi connectivity index (χ0n) is 11.0. The van der Waals surface area contributed by atoms with Crippen LogP contribution in [0, 0.1) is 10.1 Å². The van der Waals surface area contributed by atoms with Crippen molar-refractivity contribution in [2.75, 3.05) is 0 Å². The fourth-order valence-electron chi connectivity index (χ4n) is 1.66. The van der Waals surface area contributed by atoms with Crippen LogP contribution in [0.1, 0.15) is 5.56 Å². The average Bonchev–Trinajstić information content (AvgIpc) is 2.48. The van der Waals surface area contributed by atoms with Gasteiger partial charge in [-0.15, -0.1) is 0 Å². The van der Waals surface area contributed by atoms with Crippen LogP contribution >= 0.6 is 23.2 Å². The summed E-state index contributed by atoms with van der Waals surface area (Å²) < 4.78 is 26.6. The van der Waals surface area contributed by atoms with Crippen LogP contribution in [0.3, 0.4) is 0 Å². The molecule has 9 heteroatoms. The Kier molecular flexibility index (Phi) is 5.02. The Hall–Kier alpha value is -1.67. The van der Waals surface area contributed by atoms with Gasteiger partial charge >= 0.3 is 0 Å². The van der Waals surface area contributed by atoms with E-state index in [1.165, 1.54) is 12.1 Å². The summed E-state index contributed by atoms with van der Waals surface area (Å²) in [6, 6.07) is 9.39. The van der Waals surface area contributed by atoms with Crippen LogP contribution in [0.15, 0.2) is 47.4 Å². The van der Waals surface area contributed by atoms with Crippen molar-refractivity contribution < 1.29 is 13.3 Å². The van der Waals surface area contributed by atoms with Crippen LogP contribution in [0.4, 0.5) is 5.69 Å². The van der Waals surface area contributed by atoms with E-state index < -0.39 is 14.9 Å². The number of nitro benzene ring substituents is 1. The Balaban J connectivity index is 2.13. The predicted molar refractivity (Wildman–Crippen MR) is 83.6 cm³/mol.